The second kappa shape index (κ2) is 7.55. The van der Waals surface area contributed by atoms with E-state index in [1.807, 2.05) is 23.1 Å². The summed E-state index contributed by atoms with van der Waals surface area (Å²) >= 11 is 0. The molecule has 1 fully saturated rings. The van der Waals surface area contributed by atoms with Crippen LogP contribution in [-0.4, -0.2) is 67.3 Å². The Balaban J connectivity index is 1.63. The van der Waals surface area contributed by atoms with E-state index < -0.39 is 15.4 Å². The molecule has 3 aromatic rings. The number of rotatable bonds is 5. The van der Waals surface area contributed by atoms with Crippen molar-refractivity contribution in [2.45, 2.75) is 18.0 Å². The second-order valence-electron chi connectivity index (χ2n) is 8.83. The Hall–Kier alpha value is -2.46. The lowest BCUT2D eigenvalue weighted by Gasteiger charge is -2.55. The molecule has 2 N–H and O–H groups in total. The van der Waals surface area contributed by atoms with Gasteiger partial charge in [-0.15, -0.1) is 0 Å². The van der Waals surface area contributed by atoms with E-state index in [-0.39, 0.29) is 18.5 Å². The molecule has 1 spiro atoms. The summed E-state index contributed by atoms with van der Waals surface area (Å²) in [6, 6.07) is 12.0. The highest BCUT2D eigenvalue weighted by Crippen LogP contribution is 2.49. The van der Waals surface area contributed by atoms with Crippen molar-refractivity contribution in [1.29, 1.82) is 0 Å². The number of nitrogens with one attached hydrogen (secondary N) is 1. The molecule has 5 rings (SSSR count). The van der Waals surface area contributed by atoms with Crippen molar-refractivity contribution in [3.63, 3.8) is 0 Å². The average Bonchev–Trinajstić information content (AvgIpc) is 3.11. The third-order valence-corrected chi connectivity index (χ3v) is 7.97. The van der Waals surface area contributed by atoms with Crippen LogP contribution in [0, 0.1) is 5.82 Å². The lowest BCUT2D eigenvalue weighted by Crippen LogP contribution is -2.67. The fourth-order valence-electron chi connectivity index (χ4n) is 5.25. The van der Waals surface area contributed by atoms with Crippen molar-refractivity contribution in [3.05, 3.63) is 65.1 Å². The number of aromatic amines is 1. The van der Waals surface area contributed by atoms with Gasteiger partial charge in [-0.25, -0.2) is 17.1 Å². The number of aromatic nitrogens is 1. The largest absolute Gasteiger partial charge is 0.497 e. The van der Waals surface area contributed by atoms with E-state index in [0.717, 1.165) is 22.2 Å². The molecule has 0 unspecified atom stereocenters. The van der Waals surface area contributed by atoms with Gasteiger partial charge >= 0.3 is 0 Å². The van der Waals surface area contributed by atoms with Crippen molar-refractivity contribution >= 4 is 20.9 Å². The zero-order chi connectivity index (χ0) is 22.7. The second-order valence-corrected chi connectivity index (χ2v) is 10.8. The maximum Gasteiger partial charge on any atom is 0.211 e. The maximum atomic E-state index is 14.4. The Morgan fingerprint density at radius 3 is 2.62 bits per heavy atom. The van der Waals surface area contributed by atoms with E-state index >= 15 is 0 Å². The fourth-order valence-corrected chi connectivity index (χ4v) is 6.21. The fraction of sp³-hybridized carbons (Fsp3) is 0.391. The molecular formula is C23H26FN3O4S. The van der Waals surface area contributed by atoms with Crippen LogP contribution in [0.1, 0.15) is 22.9 Å². The van der Waals surface area contributed by atoms with Crippen LogP contribution in [0.3, 0.4) is 0 Å². The summed E-state index contributed by atoms with van der Waals surface area (Å²) in [5.41, 5.74) is 2.87. The molecular weight excluding hydrogens is 433 g/mol. The van der Waals surface area contributed by atoms with E-state index in [9.17, 15) is 17.9 Å². The number of benzene rings is 2. The van der Waals surface area contributed by atoms with Crippen LogP contribution in [0.4, 0.5) is 4.39 Å². The summed E-state index contributed by atoms with van der Waals surface area (Å²) in [4.78, 5) is 5.50. The van der Waals surface area contributed by atoms with Gasteiger partial charge < -0.3 is 14.8 Å². The third kappa shape index (κ3) is 3.31. The van der Waals surface area contributed by atoms with Crippen LogP contribution in [-0.2, 0) is 22.0 Å². The lowest BCUT2D eigenvalue weighted by atomic mass is 9.70. The monoisotopic (exact) mass is 459 g/mol. The highest BCUT2D eigenvalue weighted by atomic mass is 32.2. The molecule has 3 heterocycles. The van der Waals surface area contributed by atoms with E-state index in [4.69, 9.17) is 4.74 Å². The van der Waals surface area contributed by atoms with Crippen molar-refractivity contribution in [2.75, 3.05) is 39.6 Å². The number of H-pyrrole nitrogens is 1. The van der Waals surface area contributed by atoms with Crippen molar-refractivity contribution in [2.24, 2.45) is 0 Å². The molecule has 9 heteroatoms. The molecule has 0 bridgehead atoms. The normalized spacial score (nSPS) is 20.9. The smallest absolute Gasteiger partial charge is 0.211 e. The molecule has 0 amide bonds. The minimum atomic E-state index is -3.32. The Labute approximate surface area is 186 Å². The molecule has 7 nitrogen and oxygen atoms in total. The molecule has 1 atom stereocenters. The number of nitrogens with zero attached hydrogens (tertiary/aromatic N) is 2. The number of aliphatic hydroxyl groups is 1. The zero-order valence-corrected chi connectivity index (χ0v) is 18.8. The summed E-state index contributed by atoms with van der Waals surface area (Å²) in [6.45, 7) is 1.39. The van der Waals surface area contributed by atoms with E-state index in [2.05, 4.69) is 4.98 Å². The Morgan fingerprint density at radius 1 is 1.22 bits per heavy atom. The summed E-state index contributed by atoms with van der Waals surface area (Å²) in [7, 11) is -1.71. The molecule has 0 radical (unpaired) electrons. The molecule has 170 valence electrons. The summed E-state index contributed by atoms with van der Waals surface area (Å²) in [5.74, 6) is 0.414. The number of sulfonamides is 1. The van der Waals surface area contributed by atoms with E-state index in [1.165, 1.54) is 16.6 Å². The number of hydrogen-bond donors (Lipinski definition) is 2. The van der Waals surface area contributed by atoms with Gasteiger partial charge in [0, 0.05) is 59.8 Å². The third-order valence-electron chi connectivity index (χ3n) is 6.78. The number of aliphatic hydroxyl groups excluding tert-OH is 1. The predicted molar refractivity (Wildman–Crippen MR) is 120 cm³/mol. The topological polar surface area (TPSA) is 85.9 Å². The van der Waals surface area contributed by atoms with Gasteiger partial charge in [0.15, 0.2) is 0 Å². The van der Waals surface area contributed by atoms with Crippen LogP contribution < -0.4 is 4.74 Å². The highest BCUT2D eigenvalue weighted by Gasteiger charge is 2.54. The van der Waals surface area contributed by atoms with Crippen molar-refractivity contribution in [1.82, 2.24) is 14.2 Å². The highest BCUT2D eigenvalue weighted by molar-refractivity contribution is 7.88. The Kier molecular flexibility index (Phi) is 5.05. The van der Waals surface area contributed by atoms with Crippen molar-refractivity contribution in [3.8, 4) is 5.75 Å². The maximum absolute atomic E-state index is 14.4. The van der Waals surface area contributed by atoms with Gasteiger partial charge in [-0.1, -0.05) is 18.2 Å². The number of hydrogen-bond acceptors (Lipinski definition) is 5. The molecule has 2 aliphatic rings. The number of methoxy groups -OCH3 is 1. The molecule has 0 aliphatic carbocycles. The van der Waals surface area contributed by atoms with E-state index in [0.29, 0.717) is 37.5 Å². The van der Waals surface area contributed by atoms with Gasteiger partial charge in [0.25, 0.3) is 0 Å². The zero-order valence-electron chi connectivity index (χ0n) is 18.0. The minimum absolute atomic E-state index is 0.142. The Bertz CT molecular complexity index is 1280. The van der Waals surface area contributed by atoms with Gasteiger partial charge in [-0.3, -0.25) is 4.90 Å². The quantitative estimate of drug-likeness (QED) is 0.612. The standard InChI is InChI=1S/C23H26FN3O4S/c1-31-16-7-8-17-19(9-16)25-22-20(11-28)26(10-15-5-3-4-6-18(15)24)12-23(21(17)22)13-27(14-23)32(2,29)30/h3-9,20,25,28H,10-14H2,1-2H3/t20-/m0/s1. The van der Waals surface area contributed by atoms with Gasteiger partial charge in [0.2, 0.25) is 10.0 Å². The van der Waals surface area contributed by atoms with Gasteiger partial charge in [0.1, 0.15) is 11.6 Å². The van der Waals surface area contributed by atoms with Gasteiger partial charge in [-0.05, 0) is 23.8 Å². The minimum Gasteiger partial charge on any atom is -0.497 e. The van der Waals surface area contributed by atoms with E-state index in [1.54, 1.807) is 25.3 Å². The number of fused-ring (bicyclic) bond motifs is 4. The van der Waals surface area contributed by atoms with Gasteiger partial charge in [0.05, 0.1) is 26.0 Å². The molecule has 0 saturated carbocycles. The summed E-state index contributed by atoms with van der Waals surface area (Å²) in [6.07, 6.45) is 1.22. The van der Waals surface area contributed by atoms with Crippen LogP contribution in [0.25, 0.3) is 10.9 Å². The molecule has 2 aliphatic heterocycles. The SMILES string of the molecule is COc1ccc2c3c([nH]c2c1)[C@H](CO)N(Cc1ccccc1F)CC31CN(S(C)(=O)=O)C1. The first kappa shape index (κ1) is 21.4. The van der Waals surface area contributed by atoms with Crippen LogP contribution >= 0.6 is 0 Å². The van der Waals surface area contributed by atoms with Crippen LogP contribution in [0.15, 0.2) is 42.5 Å². The van der Waals surface area contributed by atoms with Crippen LogP contribution in [0.2, 0.25) is 0 Å². The molecule has 32 heavy (non-hydrogen) atoms. The first-order valence-electron chi connectivity index (χ1n) is 10.5. The first-order valence-corrected chi connectivity index (χ1v) is 12.3. The Morgan fingerprint density at radius 2 is 1.97 bits per heavy atom. The predicted octanol–water partition coefficient (Wildman–Crippen LogP) is 2.38. The summed E-state index contributed by atoms with van der Waals surface area (Å²) < 4.78 is 45.6. The molecule has 1 saturated heterocycles. The van der Waals surface area contributed by atoms with Crippen LogP contribution in [0.5, 0.6) is 5.75 Å². The summed E-state index contributed by atoms with van der Waals surface area (Å²) in [5, 5.41) is 11.3. The van der Waals surface area contributed by atoms with Crippen molar-refractivity contribution < 1.29 is 22.7 Å². The molecule has 2 aromatic carbocycles. The number of ether oxygens (including phenoxy) is 1. The molecule has 1 aromatic heterocycles. The lowest BCUT2D eigenvalue weighted by molar-refractivity contribution is 0.0254. The average molecular weight is 460 g/mol. The first-order chi connectivity index (χ1) is 15.3. The number of halogens is 1. The van der Waals surface area contributed by atoms with Gasteiger partial charge in [-0.2, -0.15) is 0 Å².